The number of nitrogens with one attached hydrogen (secondary N) is 1. The van der Waals surface area contributed by atoms with E-state index in [2.05, 4.69) is 43.4 Å². The van der Waals surface area contributed by atoms with Gasteiger partial charge in [0.05, 0.1) is 6.07 Å². The van der Waals surface area contributed by atoms with E-state index in [9.17, 15) is 0 Å². The molecule has 1 unspecified atom stereocenters. The molecule has 1 N–H and O–H groups in total. The molecule has 1 aromatic carbocycles. The highest BCUT2D eigenvalue weighted by Gasteiger charge is 2.19. The van der Waals surface area contributed by atoms with Crippen LogP contribution in [0.15, 0.2) is 23.1 Å². The molecule has 0 aliphatic carbocycles. The lowest BCUT2D eigenvalue weighted by Crippen LogP contribution is -2.37. The van der Waals surface area contributed by atoms with Crippen LogP contribution in [0.4, 0.5) is 0 Å². The summed E-state index contributed by atoms with van der Waals surface area (Å²) in [5.74, 6) is 1.06. The summed E-state index contributed by atoms with van der Waals surface area (Å²) in [7, 11) is 1.85. The van der Waals surface area contributed by atoms with Gasteiger partial charge in [-0.25, -0.2) is 0 Å². The number of hydrogen-bond donors (Lipinski definition) is 1. The highest BCUT2D eigenvalue weighted by molar-refractivity contribution is 7.99. The molecule has 1 rings (SSSR count). The Kier molecular flexibility index (Phi) is 5.71. The Labute approximate surface area is 115 Å². The van der Waals surface area contributed by atoms with Crippen molar-refractivity contribution in [2.45, 2.75) is 44.0 Å². The Balaban J connectivity index is 2.39. The Morgan fingerprint density at radius 2 is 2.06 bits per heavy atom. The Morgan fingerprint density at radius 3 is 2.61 bits per heavy atom. The zero-order chi connectivity index (χ0) is 13.6. The molecule has 0 saturated carbocycles. The topological polar surface area (TPSA) is 35.8 Å². The predicted molar refractivity (Wildman–Crippen MR) is 79.0 cm³/mol. The molecular weight excluding hydrogens is 240 g/mol. The zero-order valence-corrected chi connectivity index (χ0v) is 12.5. The molecule has 1 atom stereocenters. The van der Waals surface area contributed by atoms with E-state index in [0.29, 0.717) is 0 Å². The third-order valence-corrected chi connectivity index (χ3v) is 4.45. The van der Waals surface area contributed by atoms with Crippen molar-refractivity contribution < 1.29 is 0 Å². The fraction of sp³-hybridized carbons (Fsp3) is 0.533. The third kappa shape index (κ3) is 4.36. The maximum atomic E-state index is 9.05. The van der Waals surface area contributed by atoms with Crippen molar-refractivity contribution in [2.75, 3.05) is 12.8 Å². The van der Waals surface area contributed by atoms with Crippen LogP contribution >= 0.6 is 11.8 Å². The van der Waals surface area contributed by atoms with Crippen LogP contribution in [0.3, 0.4) is 0 Å². The van der Waals surface area contributed by atoms with Gasteiger partial charge in [0.25, 0.3) is 0 Å². The van der Waals surface area contributed by atoms with Crippen molar-refractivity contribution in [3.63, 3.8) is 0 Å². The quantitative estimate of drug-likeness (QED) is 0.627. The minimum atomic E-state index is -0.385. The molecule has 1 aromatic rings. The van der Waals surface area contributed by atoms with Gasteiger partial charge in [-0.2, -0.15) is 5.26 Å². The Bertz CT molecular complexity index is 437. The molecule has 0 aliphatic heterocycles. The minimum absolute atomic E-state index is 0.385. The zero-order valence-electron chi connectivity index (χ0n) is 11.7. The maximum absolute atomic E-state index is 9.05. The number of thioether (sulfide) groups is 1. The summed E-state index contributed by atoms with van der Waals surface area (Å²) in [4.78, 5) is 1.32. The van der Waals surface area contributed by atoms with Gasteiger partial charge in [0.15, 0.2) is 0 Å². The molecule has 2 nitrogen and oxygen atoms in total. The van der Waals surface area contributed by atoms with E-state index >= 15 is 0 Å². The van der Waals surface area contributed by atoms with Crippen LogP contribution in [0.1, 0.15) is 30.9 Å². The fourth-order valence-electron chi connectivity index (χ4n) is 1.66. The first-order valence-corrected chi connectivity index (χ1v) is 7.29. The van der Waals surface area contributed by atoms with Crippen LogP contribution < -0.4 is 5.32 Å². The summed E-state index contributed by atoms with van der Waals surface area (Å²) in [6.07, 6.45) is 1.93. The number of nitrogens with zero attached hydrogens (tertiary/aromatic N) is 1. The molecule has 98 valence electrons. The second-order valence-corrected chi connectivity index (χ2v) is 6.06. The Hall–Kier alpha value is -0.980. The van der Waals surface area contributed by atoms with Crippen LogP contribution in [-0.4, -0.2) is 18.3 Å². The van der Waals surface area contributed by atoms with Gasteiger partial charge in [0, 0.05) is 4.90 Å². The molecule has 0 saturated heterocycles. The number of aryl methyl sites for hydroxylation is 2. The lowest BCUT2D eigenvalue weighted by Gasteiger charge is -2.20. The number of benzene rings is 1. The predicted octanol–water partition coefficient (Wildman–Crippen LogP) is 3.68. The minimum Gasteiger partial charge on any atom is -0.303 e. The summed E-state index contributed by atoms with van der Waals surface area (Å²) in [6, 6.07) is 8.91. The van der Waals surface area contributed by atoms with E-state index in [1.807, 2.05) is 25.7 Å². The molecule has 0 fully saturated rings. The van der Waals surface area contributed by atoms with Gasteiger partial charge in [-0.3, -0.25) is 0 Å². The summed E-state index contributed by atoms with van der Waals surface area (Å²) in [5.41, 5.74) is 2.30. The smallest absolute Gasteiger partial charge is 0.103 e. The summed E-state index contributed by atoms with van der Waals surface area (Å²) in [5, 5.41) is 12.1. The van der Waals surface area contributed by atoms with Crippen molar-refractivity contribution in [1.82, 2.24) is 5.32 Å². The molecule has 0 aromatic heterocycles. The van der Waals surface area contributed by atoms with E-state index in [-0.39, 0.29) is 5.54 Å². The fourth-order valence-corrected chi connectivity index (χ4v) is 2.60. The normalized spacial score (nSPS) is 13.9. The number of hydrogen-bond acceptors (Lipinski definition) is 3. The van der Waals surface area contributed by atoms with E-state index in [1.165, 1.54) is 16.0 Å². The molecule has 0 heterocycles. The van der Waals surface area contributed by atoms with E-state index < -0.39 is 0 Å². The summed E-state index contributed by atoms with van der Waals surface area (Å²) >= 11 is 1.87. The molecule has 3 heteroatoms. The molecule has 0 radical (unpaired) electrons. The first-order valence-electron chi connectivity index (χ1n) is 6.31. The highest BCUT2D eigenvalue weighted by atomic mass is 32.2. The molecule has 18 heavy (non-hydrogen) atoms. The van der Waals surface area contributed by atoms with Crippen LogP contribution in [-0.2, 0) is 0 Å². The van der Waals surface area contributed by atoms with Gasteiger partial charge in [0.1, 0.15) is 5.54 Å². The molecule has 0 aliphatic rings. The Morgan fingerprint density at radius 1 is 1.33 bits per heavy atom. The van der Waals surface area contributed by atoms with E-state index in [4.69, 9.17) is 5.26 Å². The molecule has 0 amide bonds. The lowest BCUT2D eigenvalue weighted by atomic mass is 9.99. The summed E-state index contributed by atoms with van der Waals surface area (Å²) in [6.45, 7) is 6.23. The monoisotopic (exact) mass is 262 g/mol. The third-order valence-electron chi connectivity index (χ3n) is 3.37. The molecule has 0 spiro atoms. The van der Waals surface area contributed by atoms with Gasteiger partial charge in [-0.15, -0.1) is 11.8 Å². The number of rotatable bonds is 6. The standard InChI is InChI=1S/C15H22N2S/c1-12-6-7-14(10-13(12)2)18-9-5-8-15(3,11-16)17-4/h6-7,10,17H,5,8-9H2,1-4H3. The van der Waals surface area contributed by atoms with Crippen molar-refractivity contribution in [2.24, 2.45) is 0 Å². The largest absolute Gasteiger partial charge is 0.303 e. The number of nitriles is 1. The highest BCUT2D eigenvalue weighted by Crippen LogP contribution is 2.23. The van der Waals surface area contributed by atoms with Crippen molar-refractivity contribution in [3.8, 4) is 6.07 Å². The maximum Gasteiger partial charge on any atom is 0.103 e. The van der Waals surface area contributed by atoms with E-state index in [1.54, 1.807) is 0 Å². The molecular formula is C15H22N2S. The first-order chi connectivity index (χ1) is 8.50. The SMILES string of the molecule is CNC(C)(C#N)CCCSc1ccc(C)c(C)c1. The van der Waals surface area contributed by atoms with E-state index in [0.717, 1.165) is 18.6 Å². The van der Waals surface area contributed by atoms with Crippen LogP contribution in [0, 0.1) is 25.2 Å². The van der Waals surface area contributed by atoms with Crippen LogP contribution in [0.25, 0.3) is 0 Å². The second kappa shape index (κ2) is 6.82. The van der Waals surface area contributed by atoms with Crippen molar-refractivity contribution in [3.05, 3.63) is 29.3 Å². The van der Waals surface area contributed by atoms with Crippen LogP contribution in [0.2, 0.25) is 0 Å². The average molecular weight is 262 g/mol. The molecule has 0 bridgehead atoms. The van der Waals surface area contributed by atoms with Crippen molar-refractivity contribution in [1.29, 1.82) is 5.26 Å². The average Bonchev–Trinajstić information content (AvgIpc) is 2.38. The summed E-state index contributed by atoms with van der Waals surface area (Å²) < 4.78 is 0. The van der Waals surface area contributed by atoms with Gasteiger partial charge >= 0.3 is 0 Å². The van der Waals surface area contributed by atoms with Gasteiger partial charge in [0.2, 0.25) is 0 Å². The van der Waals surface area contributed by atoms with Crippen molar-refractivity contribution >= 4 is 11.8 Å². The van der Waals surface area contributed by atoms with Gasteiger partial charge < -0.3 is 5.32 Å². The second-order valence-electron chi connectivity index (χ2n) is 4.89. The van der Waals surface area contributed by atoms with Crippen LogP contribution in [0.5, 0.6) is 0 Å². The first kappa shape index (κ1) is 15.1. The lowest BCUT2D eigenvalue weighted by molar-refractivity contribution is 0.451. The van der Waals surface area contributed by atoms with Gasteiger partial charge in [-0.1, -0.05) is 6.07 Å². The van der Waals surface area contributed by atoms with Gasteiger partial charge in [-0.05, 0) is 69.7 Å².